The van der Waals surface area contributed by atoms with Gasteiger partial charge in [-0.2, -0.15) is 0 Å². The van der Waals surface area contributed by atoms with E-state index in [-0.39, 0.29) is 24.1 Å². The Morgan fingerprint density at radius 3 is 2.37 bits per heavy atom. The van der Waals surface area contributed by atoms with Crippen LogP contribution in [0.4, 0.5) is 5.69 Å². The lowest BCUT2D eigenvalue weighted by molar-refractivity contribution is -0.128. The van der Waals surface area contributed by atoms with Crippen LogP contribution in [-0.4, -0.2) is 40.6 Å². The molecule has 0 saturated carbocycles. The number of para-hydroxylation sites is 1. The number of aliphatic imine (C=N–C) groups is 1. The maximum atomic E-state index is 13.5. The van der Waals surface area contributed by atoms with Gasteiger partial charge in [0, 0.05) is 13.3 Å². The Hall–Kier alpha value is -3.79. The molecule has 0 saturated heterocycles. The van der Waals surface area contributed by atoms with E-state index >= 15 is 0 Å². The minimum atomic E-state index is -0.866. The number of thiazole rings is 1. The minimum Gasteiger partial charge on any atom is -0.370 e. The molecule has 0 bridgehead atoms. The number of ketones is 1. The van der Waals surface area contributed by atoms with E-state index in [1.807, 2.05) is 31.2 Å². The van der Waals surface area contributed by atoms with Gasteiger partial charge in [-0.1, -0.05) is 44.0 Å². The van der Waals surface area contributed by atoms with Gasteiger partial charge in [0.15, 0.2) is 11.0 Å². The number of hydrogen-bond acceptors (Lipinski definition) is 6. The van der Waals surface area contributed by atoms with E-state index in [0.717, 1.165) is 28.6 Å². The third kappa shape index (κ3) is 7.35. The molecule has 1 aromatic heterocycles. The van der Waals surface area contributed by atoms with Crippen molar-refractivity contribution in [2.24, 2.45) is 16.5 Å². The number of aromatic nitrogens is 1. The number of carbonyl (C=O) groups is 3. The fraction of sp³-hybridized carbons (Fsp3) is 0.320. The van der Waals surface area contributed by atoms with Crippen LogP contribution < -0.4 is 22.1 Å². The van der Waals surface area contributed by atoms with Gasteiger partial charge in [0.05, 0.1) is 21.9 Å². The first kappa shape index (κ1) is 25.8. The monoisotopic (exact) mass is 494 g/mol. The summed E-state index contributed by atoms with van der Waals surface area (Å²) in [5.41, 5.74) is 13.0. The third-order valence-corrected chi connectivity index (χ3v) is 6.36. The van der Waals surface area contributed by atoms with Crippen molar-refractivity contribution in [3.63, 3.8) is 0 Å². The zero-order valence-electron chi connectivity index (χ0n) is 19.8. The van der Waals surface area contributed by atoms with Crippen LogP contribution in [0.3, 0.4) is 0 Å². The van der Waals surface area contributed by atoms with E-state index < -0.39 is 18.0 Å². The zero-order valence-corrected chi connectivity index (χ0v) is 20.6. The van der Waals surface area contributed by atoms with Gasteiger partial charge in [0.2, 0.25) is 17.6 Å². The lowest BCUT2D eigenvalue weighted by Gasteiger charge is -2.22. The Labute approximate surface area is 208 Å². The first-order valence-corrected chi connectivity index (χ1v) is 12.2. The lowest BCUT2D eigenvalue weighted by atomic mass is 10.0. The largest absolute Gasteiger partial charge is 0.370 e. The summed E-state index contributed by atoms with van der Waals surface area (Å²) in [5.74, 6) is -1.04. The average Bonchev–Trinajstić information content (AvgIpc) is 3.25. The van der Waals surface area contributed by atoms with Crippen molar-refractivity contribution in [3.8, 4) is 0 Å². The fourth-order valence-electron chi connectivity index (χ4n) is 3.62. The number of unbranched alkanes of at least 4 members (excludes halogenated alkanes) is 1. The number of Topliss-reactive ketones (excluding diaryl/α,β-unsaturated/α-hetero) is 1. The molecule has 0 aliphatic rings. The molecule has 0 radical (unpaired) electrons. The highest BCUT2D eigenvalue weighted by atomic mass is 32.1. The molecule has 0 aliphatic carbocycles. The first-order valence-electron chi connectivity index (χ1n) is 11.4. The van der Waals surface area contributed by atoms with Crippen LogP contribution in [0.5, 0.6) is 0 Å². The second-order valence-corrected chi connectivity index (χ2v) is 9.25. The summed E-state index contributed by atoms with van der Waals surface area (Å²) in [7, 11) is 0. The molecule has 6 N–H and O–H groups in total. The number of guanidine groups is 1. The summed E-state index contributed by atoms with van der Waals surface area (Å²) in [6, 6.07) is 13.0. The maximum Gasteiger partial charge on any atom is 0.243 e. The van der Waals surface area contributed by atoms with Crippen molar-refractivity contribution in [1.29, 1.82) is 0 Å². The molecule has 9 nitrogen and oxygen atoms in total. The van der Waals surface area contributed by atoms with Crippen LogP contribution in [0.15, 0.2) is 53.5 Å². The summed E-state index contributed by atoms with van der Waals surface area (Å²) in [6.07, 6.45) is 2.36. The van der Waals surface area contributed by atoms with Crippen LogP contribution in [0.25, 0.3) is 10.2 Å². The number of benzene rings is 2. The standard InChI is InChI=1S/C25H30N6O3S/c1-3-4-7-19(28-15(2)32)23(34)30-20(14-16-10-12-17(13-11-16)29-25(26)27)22(33)24-31-18-8-5-6-9-21(18)35-24/h5-6,8-13,19-20H,3-4,7,14H2,1-2H3,(H,28,32)(H,30,34)(H4,26,27,29). The normalized spacial score (nSPS) is 12.5. The topological polar surface area (TPSA) is 153 Å². The Balaban J connectivity index is 1.87. The van der Waals surface area contributed by atoms with Crippen molar-refractivity contribution in [2.45, 2.75) is 51.6 Å². The molecule has 2 aromatic carbocycles. The van der Waals surface area contributed by atoms with Crippen LogP contribution in [0.2, 0.25) is 0 Å². The molecule has 0 fully saturated rings. The molecule has 2 unspecified atom stereocenters. The smallest absolute Gasteiger partial charge is 0.243 e. The van der Waals surface area contributed by atoms with Crippen molar-refractivity contribution in [1.82, 2.24) is 15.6 Å². The number of fused-ring (bicyclic) bond motifs is 1. The van der Waals surface area contributed by atoms with Crippen molar-refractivity contribution in [3.05, 3.63) is 59.1 Å². The van der Waals surface area contributed by atoms with Crippen molar-refractivity contribution < 1.29 is 14.4 Å². The van der Waals surface area contributed by atoms with E-state index in [0.29, 0.717) is 17.1 Å². The molecule has 3 aromatic rings. The summed E-state index contributed by atoms with van der Waals surface area (Å²) in [4.78, 5) is 46.8. The Kier molecular flexibility index (Phi) is 8.91. The number of carbonyl (C=O) groups excluding carboxylic acids is 3. The van der Waals surface area contributed by atoms with Crippen LogP contribution in [0.1, 0.15) is 48.5 Å². The van der Waals surface area contributed by atoms with E-state index in [9.17, 15) is 14.4 Å². The predicted octanol–water partition coefficient (Wildman–Crippen LogP) is 2.81. The molecule has 0 aliphatic heterocycles. The molecule has 35 heavy (non-hydrogen) atoms. The highest BCUT2D eigenvalue weighted by Gasteiger charge is 2.28. The maximum absolute atomic E-state index is 13.5. The molecule has 2 amide bonds. The van der Waals surface area contributed by atoms with E-state index in [4.69, 9.17) is 11.5 Å². The molecule has 10 heteroatoms. The van der Waals surface area contributed by atoms with E-state index in [1.54, 1.807) is 24.3 Å². The number of nitrogens with one attached hydrogen (secondary N) is 2. The van der Waals surface area contributed by atoms with E-state index in [2.05, 4.69) is 20.6 Å². The fourth-order valence-corrected chi connectivity index (χ4v) is 4.58. The van der Waals surface area contributed by atoms with Crippen LogP contribution in [0, 0.1) is 0 Å². The van der Waals surface area contributed by atoms with E-state index in [1.165, 1.54) is 18.3 Å². The quantitative estimate of drug-likeness (QED) is 0.183. The first-order chi connectivity index (χ1) is 16.8. The molecule has 2 atom stereocenters. The SMILES string of the molecule is CCCCC(NC(C)=O)C(=O)NC(Cc1ccc(N=C(N)N)cc1)C(=O)c1nc2ccccc2s1. The minimum absolute atomic E-state index is 0.0509. The van der Waals surface area contributed by atoms with Gasteiger partial charge >= 0.3 is 0 Å². The molecule has 3 rings (SSSR count). The predicted molar refractivity (Wildman–Crippen MR) is 139 cm³/mol. The number of rotatable bonds is 11. The zero-order chi connectivity index (χ0) is 25.4. The molecule has 184 valence electrons. The summed E-state index contributed by atoms with van der Waals surface area (Å²) in [6.45, 7) is 3.38. The highest BCUT2D eigenvalue weighted by molar-refractivity contribution is 7.20. The average molecular weight is 495 g/mol. The highest BCUT2D eigenvalue weighted by Crippen LogP contribution is 2.24. The van der Waals surface area contributed by atoms with Crippen molar-refractivity contribution >= 4 is 50.8 Å². The number of nitrogens with zero attached hydrogens (tertiary/aromatic N) is 2. The van der Waals surface area contributed by atoms with Crippen molar-refractivity contribution in [2.75, 3.05) is 0 Å². The summed E-state index contributed by atoms with van der Waals surface area (Å²) < 4.78 is 0.890. The Morgan fingerprint density at radius 1 is 1.03 bits per heavy atom. The molecular weight excluding hydrogens is 464 g/mol. The summed E-state index contributed by atoms with van der Waals surface area (Å²) >= 11 is 1.29. The number of hydrogen-bond donors (Lipinski definition) is 4. The summed E-state index contributed by atoms with van der Waals surface area (Å²) in [5, 5.41) is 5.88. The number of nitrogens with two attached hydrogens (primary N) is 2. The third-order valence-electron chi connectivity index (χ3n) is 5.31. The molecule has 1 heterocycles. The van der Waals surface area contributed by atoms with Gasteiger partial charge in [-0.15, -0.1) is 11.3 Å². The van der Waals surface area contributed by atoms with Gasteiger partial charge < -0.3 is 22.1 Å². The van der Waals surface area contributed by atoms with Gasteiger partial charge in [-0.05, 0) is 36.2 Å². The Morgan fingerprint density at radius 2 is 1.74 bits per heavy atom. The van der Waals surface area contributed by atoms with Gasteiger partial charge in [-0.3, -0.25) is 14.4 Å². The second kappa shape index (κ2) is 12.1. The van der Waals surface area contributed by atoms with Crippen LogP contribution >= 0.6 is 11.3 Å². The second-order valence-electron chi connectivity index (χ2n) is 8.21. The molecule has 0 spiro atoms. The van der Waals surface area contributed by atoms with Crippen LogP contribution in [-0.2, 0) is 16.0 Å². The van der Waals surface area contributed by atoms with Gasteiger partial charge in [-0.25, -0.2) is 9.98 Å². The van der Waals surface area contributed by atoms with Gasteiger partial charge in [0.25, 0.3) is 0 Å². The molecular formula is C25H30N6O3S. The number of amides is 2. The lowest BCUT2D eigenvalue weighted by Crippen LogP contribution is -2.51. The van der Waals surface area contributed by atoms with Gasteiger partial charge in [0.1, 0.15) is 6.04 Å². The Bertz CT molecular complexity index is 1180.